The zero-order chi connectivity index (χ0) is 10.0. The second-order valence-electron chi connectivity index (χ2n) is 4.27. The van der Waals surface area contributed by atoms with Crippen LogP contribution in [-0.4, -0.2) is 13.1 Å². The second-order valence-corrected chi connectivity index (χ2v) is 4.27. The van der Waals surface area contributed by atoms with Crippen molar-refractivity contribution in [2.75, 3.05) is 7.05 Å². The van der Waals surface area contributed by atoms with Crippen LogP contribution in [0.3, 0.4) is 0 Å². The van der Waals surface area contributed by atoms with Crippen molar-refractivity contribution in [2.24, 2.45) is 0 Å². The van der Waals surface area contributed by atoms with Gasteiger partial charge in [-0.3, -0.25) is 0 Å². The molecular weight excluding hydrogens is 170 g/mol. The van der Waals surface area contributed by atoms with Gasteiger partial charge >= 0.3 is 0 Å². The van der Waals surface area contributed by atoms with E-state index in [0.29, 0.717) is 11.5 Å². The molecule has 1 atom stereocenters. The van der Waals surface area contributed by atoms with Gasteiger partial charge in [-0.25, -0.2) is 0 Å². The maximum Gasteiger partial charge on any atom is 0.0158 e. The van der Waals surface area contributed by atoms with Crippen LogP contribution in [0.4, 0.5) is 0 Å². The molecule has 1 aromatic rings. The van der Waals surface area contributed by atoms with Gasteiger partial charge in [0.1, 0.15) is 0 Å². The van der Waals surface area contributed by atoms with E-state index in [1.807, 2.05) is 0 Å². The molecule has 1 aliphatic carbocycles. The molecular formula is C13H19N. The summed E-state index contributed by atoms with van der Waals surface area (Å²) in [4.78, 5) is 0. The van der Waals surface area contributed by atoms with Crippen LogP contribution in [0.2, 0.25) is 0 Å². The molecule has 1 N–H and O–H groups in total. The van der Waals surface area contributed by atoms with Gasteiger partial charge in [-0.15, -0.1) is 0 Å². The second kappa shape index (κ2) is 3.74. The molecule has 0 aliphatic heterocycles. The van der Waals surface area contributed by atoms with Crippen LogP contribution in [0.25, 0.3) is 0 Å². The minimum atomic E-state index is 0.449. The molecule has 0 saturated heterocycles. The molecule has 0 aromatic heterocycles. The molecule has 0 heterocycles. The lowest BCUT2D eigenvalue weighted by atomic mass is 9.86. The van der Waals surface area contributed by atoms with Gasteiger partial charge in [-0.2, -0.15) is 0 Å². The maximum atomic E-state index is 3.45. The summed E-state index contributed by atoms with van der Waals surface area (Å²) in [6.45, 7) is 2.27. The summed E-state index contributed by atoms with van der Waals surface area (Å²) in [5.41, 5.74) is 1.96. The molecule has 1 fully saturated rings. The van der Waals surface area contributed by atoms with Gasteiger partial charge in [0.15, 0.2) is 0 Å². The van der Waals surface area contributed by atoms with E-state index in [1.165, 1.54) is 24.8 Å². The predicted octanol–water partition coefficient (Wildman–Crippen LogP) is 2.72. The Labute approximate surface area is 86.5 Å². The number of rotatable bonds is 4. The zero-order valence-electron chi connectivity index (χ0n) is 9.09. The van der Waals surface area contributed by atoms with Crippen LogP contribution in [-0.2, 0) is 5.41 Å². The van der Waals surface area contributed by atoms with Gasteiger partial charge in [0.25, 0.3) is 0 Å². The third-order valence-electron chi connectivity index (χ3n) is 3.56. The lowest BCUT2D eigenvalue weighted by Crippen LogP contribution is -2.37. The van der Waals surface area contributed by atoms with E-state index in [-0.39, 0.29) is 0 Å². The molecule has 2 rings (SSSR count). The Bertz CT molecular complexity index is 283. The van der Waals surface area contributed by atoms with Gasteiger partial charge < -0.3 is 5.32 Å². The van der Waals surface area contributed by atoms with Gasteiger partial charge in [0.2, 0.25) is 0 Å². The molecule has 1 saturated carbocycles. The third-order valence-corrected chi connectivity index (χ3v) is 3.56. The van der Waals surface area contributed by atoms with Crippen molar-refractivity contribution in [2.45, 2.75) is 37.6 Å². The van der Waals surface area contributed by atoms with Crippen LogP contribution in [0.1, 0.15) is 31.7 Å². The van der Waals surface area contributed by atoms with Crippen molar-refractivity contribution in [1.29, 1.82) is 0 Å². The average Bonchev–Trinajstić information content (AvgIpc) is 3.03. The van der Waals surface area contributed by atoms with Crippen LogP contribution in [0.5, 0.6) is 0 Å². The van der Waals surface area contributed by atoms with E-state index >= 15 is 0 Å². The molecule has 1 nitrogen and oxygen atoms in total. The van der Waals surface area contributed by atoms with Crippen molar-refractivity contribution in [3.63, 3.8) is 0 Å². The minimum Gasteiger partial charge on any atom is -0.316 e. The van der Waals surface area contributed by atoms with E-state index in [9.17, 15) is 0 Å². The van der Waals surface area contributed by atoms with Crippen LogP contribution < -0.4 is 5.32 Å². The molecule has 0 spiro atoms. The Hall–Kier alpha value is -0.820. The molecule has 1 unspecified atom stereocenters. The predicted molar refractivity (Wildman–Crippen MR) is 60.5 cm³/mol. The van der Waals surface area contributed by atoms with Crippen molar-refractivity contribution in [3.05, 3.63) is 35.9 Å². The Morgan fingerprint density at radius 1 is 1.29 bits per heavy atom. The Morgan fingerprint density at radius 2 is 1.93 bits per heavy atom. The normalized spacial score (nSPS) is 20.4. The Kier molecular flexibility index (Phi) is 2.60. The quantitative estimate of drug-likeness (QED) is 0.768. The first-order valence-corrected chi connectivity index (χ1v) is 5.56. The monoisotopic (exact) mass is 189 g/mol. The summed E-state index contributed by atoms with van der Waals surface area (Å²) in [7, 11) is 2.08. The number of nitrogens with one attached hydrogen (secondary N) is 1. The van der Waals surface area contributed by atoms with E-state index in [1.54, 1.807) is 0 Å². The van der Waals surface area contributed by atoms with Gasteiger partial charge in [0.05, 0.1) is 0 Å². The van der Waals surface area contributed by atoms with Crippen molar-refractivity contribution in [1.82, 2.24) is 5.32 Å². The highest BCUT2D eigenvalue weighted by molar-refractivity contribution is 5.33. The Morgan fingerprint density at radius 3 is 2.36 bits per heavy atom. The number of hydrogen-bond acceptors (Lipinski definition) is 1. The highest BCUT2D eigenvalue weighted by atomic mass is 14.9. The van der Waals surface area contributed by atoms with Gasteiger partial charge in [0, 0.05) is 11.5 Å². The van der Waals surface area contributed by atoms with Crippen LogP contribution in [0, 0.1) is 0 Å². The van der Waals surface area contributed by atoms with Gasteiger partial charge in [-0.05, 0) is 31.9 Å². The maximum absolute atomic E-state index is 3.45. The van der Waals surface area contributed by atoms with Crippen molar-refractivity contribution in [3.8, 4) is 0 Å². The average molecular weight is 189 g/mol. The first kappa shape index (κ1) is 9.72. The smallest absolute Gasteiger partial charge is 0.0158 e. The number of hydrogen-bond donors (Lipinski definition) is 1. The van der Waals surface area contributed by atoms with E-state index in [0.717, 1.165) is 0 Å². The fraction of sp³-hybridized carbons (Fsp3) is 0.538. The summed E-state index contributed by atoms with van der Waals surface area (Å²) in [5.74, 6) is 0. The molecule has 1 heteroatoms. The van der Waals surface area contributed by atoms with E-state index in [4.69, 9.17) is 0 Å². The molecule has 0 amide bonds. The largest absolute Gasteiger partial charge is 0.316 e. The first-order chi connectivity index (χ1) is 6.83. The van der Waals surface area contributed by atoms with E-state index < -0.39 is 0 Å². The highest BCUT2D eigenvalue weighted by Gasteiger charge is 2.49. The van der Waals surface area contributed by atoms with Crippen molar-refractivity contribution >= 4 is 0 Å². The SMILES string of the molecule is CCC(NC)C1(c2ccccc2)CC1. The molecule has 0 bridgehead atoms. The van der Waals surface area contributed by atoms with Crippen molar-refractivity contribution < 1.29 is 0 Å². The first-order valence-electron chi connectivity index (χ1n) is 5.56. The number of benzene rings is 1. The Balaban J connectivity index is 2.25. The summed E-state index contributed by atoms with van der Waals surface area (Å²) < 4.78 is 0. The summed E-state index contributed by atoms with van der Waals surface area (Å²) in [6.07, 6.45) is 3.90. The topological polar surface area (TPSA) is 12.0 Å². The fourth-order valence-corrected chi connectivity index (χ4v) is 2.61. The summed E-state index contributed by atoms with van der Waals surface area (Å²) >= 11 is 0. The molecule has 76 valence electrons. The lowest BCUT2D eigenvalue weighted by Gasteiger charge is -2.26. The van der Waals surface area contributed by atoms with Crippen LogP contribution in [0.15, 0.2) is 30.3 Å². The van der Waals surface area contributed by atoms with Crippen LogP contribution >= 0.6 is 0 Å². The molecule has 1 aromatic carbocycles. The highest BCUT2D eigenvalue weighted by Crippen LogP contribution is 2.51. The van der Waals surface area contributed by atoms with Gasteiger partial charge in [-0.1, -0.05) is 37.3 Å². The fourth-order valence-electron chi connectivity index (χ4n) is 2.61. The number of likely N-dealkylation sites (N-methyl/N-ethyl adjacent to an activating group) is 1. The zero-order valence-corrected chi connectivity index (χ0v) is 9.09. The molecule has 14 heavy (non-hydrogen) atoms. The minimum absolute atomic E-state index is 0.449. The lowest BCUT2D eigenvalue weighted by molar-refractivity contribution is 0.433. The third kappa shape index (κ3) is 1.46. The molecule has 1 aliphatic rings. The summed E-state index contributed by atoms with van der Waals surface area (Å²) in [5, 5.41) is 3.45. The standard InChI is InChI=1S/C13H19N/c1-3-12(14-2)13(9-10-13)11-7-5-4-6-8-11/h4-8,12,14H,3,9-10H2,1-2H3. The molecule has 0 radical (unpaired) electrons. The van der Waals surface area contributed by atoms with E-state index in [2.05, 4.69) is 49.6 Å². The summed E-state index contributed by atoms with van der Waals surface area (Å²) in [6, 6.07) is 11.6.